The molecule has 0 saturated carbocycles. The normalized spacial score (nSPS) is 10.9. The maximum Gasteiger partial charge on any atom is 0.254 e. The molecule has 0 aliphatic rings. The average Bonchev–Trinajstić information content (AvgIpc) is 3.30. The summed E-state index contributed by atoms with van der Waals surface area (Å²) in [4.78, 5) is 15.5. The van der Waals surface area contributed by atoms with Crippen molar-refractivity contribution in [1.82, 2.24) is 9.47 Å². The molecular formula is C30H31ClN2O. The van der Waals surface area contributed by atoms with E-state index >= 15 is 0 Å². The summed E-state index contributed by atoms with van der Waals surface area (Å²) in [5, 5.41) is 0.738. The molecule has 0 bridgehead atoms. The molecule has 0 unspecified atom stereocenters. The molecule has 0 spiro atoms. The van der Waals surface area contributed by atoms with Crippen LogP contribution in [0, 0.1) is 0 Å². The zero-order chi connectivity index (χ0) is 23.8. The first-order chi connectivity index (χ1) is 16.6. The lowest BCUT2D eigenvalue weighted by atomic mass is 10.0. The molecule has 3 aromatic carbocycles. The van der Waals surface area contributed by atoms with Gasteiger partial charge in [0.05, 0.1) is 6.54 Å². The van der Waals surface area contributed by atoms with Crippen LogP contribution in [0.1, 0.15) is 47.8 Å². The second-order valence-electron chi connectivity index (χ2n) is 8.63. The Morgan fingerprint density at radius 1 is 0.853 bits per heavy atom. The first-order valence-corrected chi connectivity index (χ1v) is 12.3. The number of halogens is 1. The minimum atomic E-state index is 0.0752. The molecular weight excluding hydrogens is 440 g/mol. The molecule has 1 heterocycles. The fourth-order valence-electron chi connectivity index (χ4n) is 4.20. The van der Waals surface area contributed by atoms with Crippen molar-refractivity contribution in [2.24, 2.45) is 0 Å². The third-order valence-corrected chi connectivity index (χ3v) is 6.31. The molecule has 0 N–H and O–H groups in total. The summed E-state index contributed by atoms with van der Waals surface area (Å²) in [6, 6.07) is 30.3. The minimum Gasteiger partial charge on any atom is -0.345 e. The summed E-state index contributed by atoms with van der Waals surface area (Å²) in [6.07, 6.45) is 5.30. The van der Waals surface area contributed by atoms with Gasteiger partial charge in [-0.15, -0.1) is 0 Å². The number of carbonyl (C=O) groups is 1. The van der Waals surface area contributed by atoms with E-state index in [9.17, 15) is 4.79 Å². The minimum absolute atomic E-state index is 0.0752. The molecule has 0 saturated heterocycles. The molecule has 174 valence electrons. The first kappa shape index (κ1) is 23.8. The first-order valence-electron chi connectivity index (χ1n) is 12.0. The van der Waals surface area contributed by atoms with Crippen LogP contribution >= 0.6 is 11.6 Å². The van der Waals surface area contributed by atoms with E-state index in [4.69, 9.17) is 11.6 Å². The van der Waals surface area contributed by atoms with Gasteiger partial charge in [-0.1, -0.05) is 86.0 Å². The molecule has 4 rings (SSSR count). The largest absolute Gasteiger partial charge is 0.345 e. The predicted octanol–water partition coefficient (Wildman–Crippen LogP) is 7.69. The van der Waals surface area contributed by atoms with Gasteiger partial charge in [-0.25, -0.2) is 0 Å². The second-order valence-corrected chi connectivity index (χ2v) is 9.07. The smallest absolute Gasteiger partial charge is 0.254 e. The van der Waals surface area contributed by atoms with Crippen molar-refractivity contribution in [1.29, 1.82) is 0 Å². The topological polar surface area (TPSA) is 25.2 Å². The van der Waals surface area contributed by atoms with Crippen LogP contribution in [-0.2, 0) is 13.1 Å². The lowest BCUT2D eigenvalue weighted by Crippen LogP contribution is -2.32. The van der Waals surface area contributed by atoms with Crippen LogP contribution in [0.2, 0.25) is 5.02 Å². The lowest BCUT2D eigenvalue weighted by molar-refractivity contribution is 0.0736. The van der Waals surface area contributed by atoms with Crippen molar-refractivity contribution >= 4 is 17.5 Å². The van der Waals surface area contributed by atoms with Gasteiger partial charge in [-0.3, -0.25) is 4.79 Å². The van der Waals surface area contributed by atoms with E-state index in [1.54, 1.807) is 0 Å². The highest BCUT2D eigenvalue weighted by Crippen LogP contribution is 2.21. The SMILES string of the molecule is CCCCCN(Cc1cccn1Cc1cccc(Cl)c1)C(=O)c1ccc(-c2ccccc2)cc1. The summed E-state index contributed by atoms with van der Waals surface area (Å²) in [6.45, 7) is 4.24. The Labute approximate surface area is 207 Å². The number of nitrogens with zero attached hydrogens (tertiary/aromatic N) is 2. The quantitative estimate of drug-likeness (QED) is 0.218. The molecule has 34 heavy (non-hydrogen) atoms. The molecule has 4 aromatic rings. The van der Waals surface area contributed by atoms with Gasteiger partial charge in [0, 0.05) is 35.6 Å². The fourth-order valence-corrected chi connectivity index (χ4v) is 4.41. The standard InChI is InChI=1S/C30H31ClN2O/c1-2-3-7-19-33(23-29-14-9-20-32(29)22-24-10-8-13-28(31)21-24)30(34)27-17-15-26(16-18-27)25-11-5-4-6-12-25/h4-6,8-18,20-21H,2-3,7,19,22-23H2,1H3. The maximum atomic E-state index is 13.5. The molecule has 0 fully saturated rings. The van der Waals surface area contributed by atoms with Gasteiger partial charge in [0.15, 0.2) is 0 Å². The van der Waals surface area contributed by atoms with E-state index in [0.29, 0.717) is 6.54 Å². The van der Waals surface area contributed by atoms with Crippen LogP contribution in [0.15, 0.2) is 97.2 Å². The van der Waals surface area contributed by atoms with Crippen molar-refractivity contribution < 1.29 is 4.79 Å². The summed E-state index contributed by atoms with van der Waals surface area (Å²) in [7, 11) is 0. The maximum absolute atomic E-state index is 13.5. The van der Waals surface area contributed by atoms with E-state index in [1.165, 1.54) is 0 Å². The van der Waals surface area contributed by atoms with Gasteiger partial charge >= 0.3 is 0 Å². The van der Waals surface area contributed by atoms with Crippen molar-refractivity contribution in [3.05, 3.63) is 119 Å². The molecule has 4 heteroatoms. The highest BCUT2D eigenvalue weighted by Gasteiger charge is 2.18. The number of rotatable bonds is 10. The molecule has 1 aromatic heterocycles. The number of hydrogen-bond acceptors (Lipinski definition) is 1. The Morgan fingerprint density at radius 2 is 1.62 bits per heavy atom. The van der Waals surface area contributed by atoms with E-state index in [0.717, 1.165) is 65.3 Å². The zero-order valence-electron chi connectivity index (χ0n) is 19.7. The van der Waals surface area contributed by atoms with Gasteiger partial charge in [0.1, 0.15) is 0 Å². The second kappa shape index (κ2) is 11.7. The number of carbonyl (C=O) groups excluding carboxylic acids is 1. The van der Waals surface area contributed by atoms with Gasteiger partial charge in [-0.2, -0.15) is 0 Å². The highest BCUT2D eigenvalue weighted by molar-refractivity contribution is 6.30. The van der Waals surface area contributed by atoms with Gasteiger partial charge in [-0.05, 0) is 59.5 Å². The third kappa shape index (κ3) is 6.18. The van der Waals surface area contributed by atoms with Crippen LogP contribution in [0.3, 0.4) is 0 Å². The number of aromatic nitrogens is 1. The molecule has 0 radical (unpaired) electrons. The number of hydrogen-bond donors (Lipinski definition) is 0. The number of unbranched alkanes of at least 4 members (excludes halogenated alkanes) is 2. The Bertz CT molecular complexity index is 1200. The monoisotopic (exact) mass is 470 g/mol. The zero-order valence-corrected chi connectivity index (χ0v) is 20.4. The van der Waals surface area contributed by atoms with Gasteiger partial charge < -0.3 is 9.47 Å². The predicted molar refractivity (Wildman–Crippen MR) is 141 cm³/mol. The Morgan fingerprint density at radius 3 is 2.35 bits per heavy atom. The summed E-state index contributed by atoms with van der Waals surface area (Å²) < 4.78 is 2.20. The summed E-state index contributed by atoms with van der Waals surface area (Å²) in [5.41, 5.74) is 5.25. The van der Waals surface area contributed by atoms with Crippen LogP contribution in [-0.4, -0.2) is 21.9 Å². The fraction of sp³-hybridized carbons (Fsp3) is 0.233. The van der Waals surface area contributed by atoms with E-state index in [-0.39, 0.29) is 5.91 Å². The van der Waals surface area contributed by atoms with E-state index in [2.05, 4.69) is 42.0 Å². The Balaban J connectivity index is 1.52. The summed E-state index contributed by atoms with van der Waals surface area (Å²) in [5.74, 6) is 0.0752. The van der Waals surface area contributed by atoms with Crippen molar-refractivity contribution in [2.45, 2.75) is 39.3 Å². The van der Waals surface area contributed by atoms with Crippen molar-refractivity contribution in [3.63, 3.8) is 0 Å². The van der Waals surface area contributed by atoms with Crippen LogP contribution in [0.25, 0.3) is 11.1 Å². The molecule has 0 aliphatic heterocycles. The van der Waals surface area contributed by atoms with Crippen LogP contribution < -0.4 is 0 Å². The van der Waals surface area contributed by atoms with Gasteiger partial charge in [0.2, 0.25) is 0 Å². The molecule has 0 aliphatic carbocycles. The Hall–Kier alpha value is -3.30. The average molecular weight is 471 g/mol. The highest BCUT2D eigenvalue weighted by atomic mass is 35.5. The third-order valence-electron chi connectivity index (χ3n) is 6.08. The van der Waals surface area contributed by atoms with Gasteiger partial charge in [0.25, 0.3) is 5.91 Å². The van der Waals surface area contributed by atoms with Crippen LogP contribution in [0.4, 0.5) is 0 Å². The van der Waals surface area contributed by atoms with Crippen LogP contribution in [0.5, 0.6) is 0 Å². The van der Waals surface area contributed by atoms with E-state index < -0.39 is 0 Å². The number of benzene rings is 3. The lowest BCUT2D eigenvalue weighted by Gasteiger charge is -2.24. The summed E-state index contributed by atoms with van der Waals surface area (Å²) >= 11 is 6.18. The number of amides is 1. The Kier molecular flexibility index (Phi) is 8.21. The van der Waals surface area contributed by atoms with Crippen molar-refractivity contribution in [3.8, 4) is 11.1 Å². The molecule has 1 amide bonds. The molecule has 3 nitrogen and oxygen atoms in total. The van der Waals surface area contributed by atoms with E-state index in [1.807, 2.05) is 71.6 Å². The molecule has 0 atom stereocenters. The van der Waals surface area contributed by atoms with Crippen molar-refractivity contribution in [2.75, 3.05) is 6.54 Å².